The van der Waals surface area contributed by atoms with Crippen LogP contribution in [-0.2, 0) is 0 Å². The van der Waals surface area contributed by atoms with Crippen molar-refractivity contribution in [3.05, 3.63) is 41.4 Å². The maximum absolute atomic E-state index is 2.33. The summed E-state index contributed by atoms with van der Waals surface area (Å²) in [7, 11) is 0. The van der Waals surface area contributed by atoms with Crippen molar-refractivity contribution in [1.29, 1.82) is 0 Å². The fourth-order valence-corrected chi connectivity index (χ4v) is 2.49. The van der Waals surface area contributed by atoms with E-state index in [0.29, 0.717) is 15.0 Å². The average molecular weight is 239 g/mol. The molecule has 0 saturated heterocycles. The molecule has 0 N–H and O–H groups in total. The summed E-state index contributed by atoms with van der Waals surface area (Å²) in [6, 6.07) is 10.7. The Morgan fingerprint density at radius 3 is 2.69 bits per heavy atom. The average Bonchev–Trinajstić information content (AvgIpc) is 2.19. The van der Waals surface area contributed by atoms with Crippen molar-refractivity contribution in [2.24, 2.45) is 0 Å². The van der Waals surface area contributed by atoms with Crippen molar-refractivity contribution in [2.75, 3.05) is 0 Å². The van der Waals surface area contributed by atoms with Crippen LogP contribution in [0.25, 0.3) is 0 Å². The van der Waals surface area contributed by atoms with Crippen molar-refractivity contribution in [2.45, 2.75) is 26.2 Å². The first-order valence-electron chi connectivity index (χ1n) is 4.80. The molecule has 0 nitrogen and oxygen atoms in total. The van der Waals surface area contributed by atoms with Gasteiger partial charge in [-0.15, -0.1) is 0 Å². The molecule has 0 heterocycles. The monoisotopic (exact) mass is 240 g/mol. The second-order valence-corrected chi connectivity index (χ2v) is 5.00. The van der Waals surface area contributed by atoms with Crippen LogP contribution in [-0.4, -0.2) is 15.0 Å². The van der Waals surface area contributed by atoms with E-state index in [1.165, 1.54) is 23.7 Å². The number of hydrogen-bond donors (Lipinski definition) is 0. The van der Waals surface area contributed by atoms with Crippen LogP contribution in [0.2, 0.25) is 0 Å². The molecule has 0 atom stereocenters. The summed E-state index contributed by atoms with van der Waals surface area (Å²) in [4.78, 5) is 2.33. The minimum atomic E-state index is 0.537. The zero-order valence-corrected chi connectivity index (χ0v) is 9.78. The second-order valence-electron chi connectivity index (χ2n) is 2.94. The van der Waals surface area contributed by atoms with Gasteiger partial charge in [0.2, 0.25) is 0 Å². The zero-order valence-electron chi connectivity index (χ0n) is 8.07. The molecular formula is C12H16Se. The first-order chi connectivity index (χ1) is 6.43. The molecule has 0 aliphatic carbocycles. The molecule has 0 fully saturated rings. The Balaban J connectivity index is 2.23. The summed E-state index contributed by atoms with van der Waals surface area (Å²) in [5.41, 5.74) is 0. The first-order valence-corrected chi connectivity index (χ1v) is 6.64. The van der Waals surface area contributed by atoms with Crippen molar-refractivity contribution in [1.82, 2.24) is 0 Å². The molecule has 1 aromatic rings. The summed E-state index contributed by atoms with van der Waals surface area (Å²) in [6.45, 7) is 2.23. The number of unbranched alkanes of at least 4 members (excludes halogenated alkanes) is 2. The van der Waals surface area contributed by atoms with E-state index in [2.05, 4.69) is 48.3 Å². The first kappa shape index (κ1) is 10.6. The molecule has 0 aromatic heterocycles. The molecule has 70 valence electrons. The molecule has 0 saturated carbocycles. The van der Waals surface area contributed by atoms with Crippen LogP contribution in [0.4, 0.5) is 0 Å². The molecular weight excluding hydrogens is 223 g/mol. The van der Waals surface area contributed by atoms with Crippen LogP contribution in [0, 0.1) is 0 Å². The van der Waals surface area contributed by atoms with Gasteiger partial charge >= 0.3 is 87.0 Å². The van der Waals surface area contributed by atoms with Gasteiger partial charge in [-0.3, -0.25) is 0 Å². The van der Waals surface area contributed by atoms with Crippen molar-refractivity contribution in [3.8, 4) is 0 Å². The Kier molecular flexibility index (Phi) is 5.64. The number of allylic oxidation sites excluding steroid dienone is 1. The third kappa shape index (κ3) is 4.92. The van der Waals surface area contributed by atoms with E-state index in [1.54, 1.807) is 0 Å². The van der Waals surface area contributed by atoms with Gasteiger partial charge in [0.15, 0.2) is 0 Å². The van der Waals surface area contributed by atoms with E-state index in [4.69, 9.17) is 0 Å². The van der Waals surface area contributed by atoms with Crippen molar-refractivity contribution in [3.63, 3.8) is 0 Å². The van der Waals surface area contributed by atoms with Crippen LogP contribution >= 0.6 is 0 Å². The Labute approximate surface area is 87.2 Å². The topological polar surface area (TPSA) is 0 Å². The molecule has 0 aliphatic rings. The van der Waals surface area contributed by atoms with Crippen LogP contribution in [0.15, 0.2) is 41.4 Å². The molecule has 0 bridgehead atoms. The van der Waals surface area contributed by atoms with Gasteiger partial charge in [-0.25, -0.2) is 0 Å². The zero-order chi connectivity index (χ0) is 9.36. The minimum absolute atomic E-state index is 0.537. The summed E-state index contributed by atoms with van der Waals surface area (Å²) < 4.78 is 1.46. The van der Waals surface area contributed by atoms with Gasteiger partial charge in [0.05, 0.1) is 0 Å². The van der Waals surface area contributed by atoms with Gasteiger partial charge in [-0.1, -0.05) is 0 Å². The quantitative estimate of drug-likeness (QED) is 0.547. The number of benzene rings is 1. The Bertz CT molecular complexity index is 239. The van der Waals surface area contributed by atoms with E-state index in [9.17, 15) is 0 Å². The van der Waals surface area contributed by atoms with Crippen LogP contribution < -0.4 is 4.46 Å². The third-order valence-electron chi connectivity index (χ3n) is 1.77. The molecule has 0 unspecified atom stereocenters. The normalized spacial score (nSPS) is 10.8. The summed E-state index contributed by atoms with van der Waals surface area (Å²) in [6.07, 6.45) is 6.17. The van der Waals surface area contributed by atoms with Gasteiger partial charge in [-0.2, -0.15) is 0 Å². The number of rotatable bonds is 5. The predicted molar refractivity (Wildman–Crippen MR) is 60.5 cm³/mol. The van der Waals surface area contributed by atoms with E-state index < -0.39 is 0 Å². The summed E-state index contributed by atoms with van der Waals surface area (Å²) in [5, 5.41) is 0. The molecule has 1 aromatic carbocycles. The van der Waals surface area contributed by atoms with Gasteiger partial charge in [0, 0.05) is 0 Å². The van der Waals surface area contributed by atoms with E-state index in [1.807, 2.05) is 0 Å². The molecule has 0 aliphatic heterocycles. The van der Waals surface area contributed by atoms with Gasteiger partial charge in [-0.05, 0) is 0 Å². The molecule has 1 heteroatoms. The predicted octanol–water partition coefficient (Wildman–Crippen LogP) is 2.72. The van der Waals surface area contributed by atoms with Gasteiger partial charge in [0.25, 0.3) is 0 Å². The molecule has 1 rings (SSSR count). The molecule has 0 radical (unpaired) electrons. The second kappa shape index (κ2) is 6.94. The standard InChI is InChI=1S/C12H16Se/c1-2-3-4-8-11-13-12-9-6-5-7-10-12/h5-11H,2-4H2,1H3/b11-8+. The summed E-state index contributed by atoms with van der Waals surface area (Å²) in [5.74, 6) is 0. The van der Waals surface area contributed by atoms with Crippen molar-refractivity contribution >= 4 is 19.4 Å². The summed E-state index contributed by atoms with van der Waals surface area (Å²) >= 11 is 0.537. The fourth-order valence-electron chi connectivity index (χ4n) is 1.02. The Morgan fingerprint density at radius 2 is 2.00 bits per heavy atom. The SMILES string of the molecule is CCCC/C=C/[Se]c1ccccc1. The Morgan fingerprint density at radius 1 is 1.23 bits per heavy atom. The van der Waals surface area contributed by atoms with E-state index in [0.717, 1.165) is 0 Å². The van der Waals surface area contributed by atoms with Crippen LogP contribution in [0.5, 0.6) is 0 Å². The van der Waals surface area contributed by atoms with E-state index >= 15 is 0 Å². The van der Waals surface area contributed by atoms with Crippen LogP contribution in [0.3, 0.4) is 0 Å². The van der Waals surface area contributed by atoms with Gasteiger partial charge in [0.1, 0.15) is 0 Å². The Hall–Kier alpha value is -0.521. The molecule has 0 spiro atoms. The number of hydrogen-bond acceptors (Lipinski definition) is 0. The maximum atomic E-state index is 2.33. The third-order valence-corrected chi connectivity index (χ3v) is 3.60. The molecule has 13 heavy (non-hydrogen) atoms. The van der Waals surface area contributed by atoms with Crippen LogP contribution in [0.1, 0.15) is 26.2 Å². The van der Waals surface area contributed by atoms with E-state index in [-0.39, 0.29) is 0 Å². The molecule has 0 amide bonds. The van der Waals surface area contributed by atoms with Crippen molar-refractivity contribution < 1.29 is 0 Å². The van der Waals surface area contributed by atoms with Gasteiger partial charge < -0.3 is 0 Å². The fraction of sp³-hybridized carbons (Fsp3) is 0.333.